The first-order valence-corrected chi connectivity index (χ1v) is 15.7. The summed E-state index contributed by atoms with van der Waals surface area (Å²) in [6.07, 6.45) is 5.81. The molecule has 0 fully saturated rings. The van der Waals surface area contributed by atoms with Crippen molar-refractivity contribution in [3.63, 3.8) is 0 Å². The number of hydrogen-bond donors (Lipinski definition) is 1. The molecule has 1 aromatic heterocycles. The van der Waals surface area contributed by atoms with Gasteiger partial charge in [0.1, 0.15) is 0 Å². The number of aromatic nitrogens is 1. The quantitative estimate of drug-likeness (QED) is 0.173. The van der Waals surface area contributed by atoms with Crippen LogP contribution in [0.3, 0.4) is 0 Å². The third-order valence-electron chi connectivity index (χ3n) is 8.68. The van der Waals surface area contributed by atoms with E-state index in [1.54, 1.807) is 0 Å². The van der Waals surface area contributed by atoms with Crippen LogP contribution in [0.5, 0.6) is 0 Å². The van der Waals surface area contributed by atoms with Crippen LogP contribution >= 0.6 is 0 Å². The van der Waals surface area contributed by atoms with Crippen LogP contribution in [0.1, 0.15) is 98.3 Å². The molecule has 0 amide bonds. The molecule has 0 saturated heterocycles. The monoisotopic (exact) mass is 758 g/mol. The van der Waals surface area contributed by atoms with Crippen molar-refractivity contribution >= 4 is 21.5 Å². The average Bonchev–Trinajstić information content (AvgIpc) is 2.91. The molecule has 234 valence electrons. The Labute approximate surface area is 275 Å². The van der Waals surface area contributed by atoms with E-state index in [2.05, 4.69) is 122 Å². The fourth-order valence-corrected chi connectivity index (χ4v) is 6.77. The predicted molar refractivity (Wildman–Crippen MR) is 183 cm³/mol. The Bertz CT molecular complexity index is 1470. The molecule has 0 saturated carbocycles. The van der Waals surface area contributed by atoms with E-state index in [1.807, 2.05) is 6.20 Å². The Kier molecular flexibility index (Phi) is 13.6. The third-order valence-corrected chi connectivity index (χ3v) is 8.68. The zero-order valence-corrected chi connectivity index (χ0v) is 30.5. The third kappa shape index (κ3) is 8.14. The molecule has 43 heavy (non-hydrogen) atoms. The molecule has 1 aliphatic carbocycles. The van der Waals surface area contributed by atoms with Crippen molar-refractivity contribution in [1.82, 2.24) is 4.98 Å². The zero-order valence-electron chi connectivity index (χ0n) is 28.1. The maximum Gasteiger partial charge on any atom is 3.00 e. The fourth-order valence-electron chi connectivity index (χ4n) is 6.77. The van der Waals surface area contributed by atoms with Crippen LogP contribution in [-0.4, -0.2) is 28.3 Å². The van der Waals surface area contributed by atoms with Gasteiger partial charge in [0.2, 0.25) is 0 Å². The molecule has 4 aromatic rings. The maximum atomic E-state index is 9.93. The summed E-state index contributed by atoms with van der Waals surface area (Å²) < 4.78 is 0. The minimum atomic E-state index is -0.178. The van der Waals surface area contributed by atoms with E-state index < -0.39 is 0 Å². The Morgan fingerprint density at radius 2 is 1.63 bits per heavy atom. The molecule has 5 rings (SSSR count). The fraction of sp³-hybridized carbons (Fsp3) is 0.487. The van der Waals surface area contributed by atoms with Crippen molar-refractivity contribution in [2.45, 2.75) is 112 Å². The number of aliphatic hydroxyl groups excluding tert-OH is 1. The number of pyridine rings is 1. The van der Waals surface area contributed by atoms with E-state index in [0.717, 1.165) is 36.9 Å². The van der Waals surface area contributed by atoms with Gasteiger partial charge in [-0.2, -0.15) is 0 Å². The Hall–Kier alpha value is -2.10. The van der Waals surface area contributed by atoms with Gasteiger partial charge in [-0.1, -0.05) is 122 Å². The number of rotatable bonds is 9. The van der Waals surface area contributed by atoms with Gasteiger partial charge in [0.15, 0.2) is 0 Å². The van der Waals surface area contributed by atoms with E-state index in [0.29, 0.717) is 17.9 Å². The predicted octanol–water partition coefficient (Wildman–Crippen LogP) is 10.5. The van der Waals surface area contributed by atoms with Gasteiger partial charge in [0.05, 0.1) is 6.10 Å². The molecule has 0 radical (unpaired) electrons. The van der Waals surface area contributed by atoms with Crippen molar-refractivity contribution in [3.8, 4) is 11.3 Å². The maximum absolute atomic E-state index is 9.93. The minimum absolute atomic E-state index is 0. The minimum Gasteiger partial charge on any atom is -0.657 e. The first kappa shape index (κ1) is 37.1. The molecule has 1 aliphatic rings. The second-order valence-electron chi connectivity index (χ2n) is 13.2. The van der Waals surface area contributed by atoms with Gasteiger partial charge in [0.25, 0.3) is 0 Å². The largest absolute Gasteiger partial charge is 3.00 e. The molecule has 0 bridgehead atoms. The summed E-state index contributed by atoms with van der Waals surface area (Å²) in [5.74, 6) is 1.09. The summed E-state index contributed by atoms with van der Waals surface area (Å²) in [5, 5.41) is 19.6. The first-order valence-electron chi connectivity index (χ1n) is 15.7. The summed E-state index contributed by atoms with van der Waals surface area (Å²) in [7, 11) is 0. The number of nitrogens with zero attached hydrogens (tertiary/aromatic N) is 2. The van der Waals surface area contributed by atoms with E-state index in [-0.39, 0.29) is 45.1 Å². The van der Waals surface area contributed by atoms with E-state index >= 15 is 0 Å². The molecular formula is C39H53IrN2O. The molecular weight excluding hydrogens is 705 g/mol. The summed E-state index contributed by atoms with van der Waals surface area (Å²) in [4.78, 5) is 4.81. The number of aliphatic hydroxyl groups is 1. The number of fused-ring (bicyclic) bond motifs is 4. The molecule has 1 N–H and O–H groups in total. The van der Waals surface area contributed by atoms with E-state index in [4.69, 9.17) is 4.98 Å². The van der Waals surface area contributed by atoms with Gasteiger partial charge in [-0.3, -0.25) is 0 Å². The van der Waals surface area contributed by atoms with Gasteiger partial charge in [-0.05, 0) is 63.8 Å². The standard InChI is InChI=1S/C26H24N.C12H26NO.CH3.Ir/c1-16(2)13-17-14-19-11-12-27-25-21-10-9-18-7-5-6-8-20(18)24(21)26(3,4)22(15-17)23(19)25;1-6-11(7-2)12(14)8-10(5)13-9(3)4;;/h5-9,11-12,14-16H,13H2,1-4H3;9-12,14H,6-8H2,1-5H3;1H3;/q3*-1;+3. The molecule has 1 heterocycles. The summed E-state index contributed by atoms with van der Waals surface area (Å²) in [6.45, 7) is 19.8. The van der Waals surface area contributed by atoms with Crippen molar-refractivity contribution < 1.29 is 25.2 Å². The van der Waals surface area contributed by atoms with Crippen LogP contribution in [0.2, 0.25) is 0 Å². The van der Waals surface area contributed by atoms with E-state index in [1.165, 1.54) is 38.2 Å². The second kappa shape index (κ2) is 15.8. The van der Waals surface area contributed by atoms with Crippen molar-refractivity contribution in [3.05, 3.63) is 90.2 Å². The molecule has 3 aromatic carbocycles. The molecule has 4 heteroatoms. The average molecular weight is 758 g/mol. The van der Waals surface area contributed by atoms with Crippen LogP contribution in [0.25, 0.3) is 38.1 Å². The smallest absolute Gasteiger partial charge is 0.657 e. The second-order valence-corrected chi connectivity index (χ2v) is 13.2. The first-order chi connectivity index (χ1) is 19.5. The summed E-state index contributed by atoms with van der Waals surface area (Å²) >= 11 is 0. The zero-order chi connectivity index (χ0) is 29.9. The van der Waals surface area contributed by atoms with Gasteiger partial charge >= 0.3 is 20.1 Å². The SMILES string of the molecule is CC(C)Cc1cc2c3c(nccc3c1)-c1[c-]cc3ccccc3c1C2(C)C.CCC(CC)C(O)CC(C)[N-]C(C)C.[CH3-].[Ir+3]. The number of benzene rings is 3. The van der Waals surface area contributed by atoms with E-state index in [9.17, 15) is 5.11 Å². The summed E-state index contributed by atoms with van der Waals surface area (Å²) in [5.41, 5.74) is 6.33. The molecule has 3 nitrogen and oxygen atoms in total. The van der Waals surface area contributed by atoms with Crippen LogP contribution in [0.4, 0.5) is 0 Å². The molecule has 0 spiro atoms. The van der Waals surface area contributed by atoms with Crippen molar-refractivity contribution in [2.75, 3.05) is 0 Å². The van der Waals surface area contributed by atoms with Crippen LogP contribution in [-0.2, 0) is 31.9 Å². The van der Waals surface area contributed by atoms with Crippen molar-refractivity contribution in [2.24, 2.45) is 11.8 Å². The van der Waals surface area contributed by atoms with Gasteiger partial charge in [-0.15, -0.1) is 35.3 Å². The van der Waals surface area contributed by atoms with Gasteiger partial charge in [0, 0.05) is 6.20 Å². The van der Waals surface area contributed by atoms with Crippen LogP contribution in [0.15, 0.2) is 54.7 Å². The van der Waals surface area contributed by atoms with Gasteiger partial charge < -0.3 is 22.8 Å². The van der Waals surface area contributed by atoms with Crippen molar-refractivity contribution in [1.29, 1.82) is 0 Å². The summed E-state index contributed by atoms with van der Waals surface area (Å²) in [6, 6.07) is 22.0. The molecule has 2 atom stereocenters. The normalized spacial score (nSPS) is 14.5. The Morgan fingerprint density at radius 1 is 0.953 bits per heavy atom. The molecule has 2 unspecified atom stereocenters. The number of hydrogen-bond acceptors (Lipinski definition) is 2. The molecule has 0 aliphatic heterocycles. The van der Waals surface area contributed by atoms with Crippen LogP contribution < -0.4 is 0 Å². The van der Waals surface area contributed by atoms with Gasteiger partial charge in [-0.25, -0.2) is 0 Å². The van der Waals surface area contributed by atoms with Crippen LogP contribution in [0, 0.1) is 25.3 Å². The Morgan fingerprint density at radius 3 is 2.26 bits per heavy atom. The topological polar surface area (TPSA) is 47.2 Å². The Balaban J connectivity index is 0.000000350.